The number of hydrogen-bond acceptors (Lipinski definition) is 0. The number of rotatable bonds is 2. The molecule has 0 fully saturated rings. The molecule has 0 radical (unpaired) electrons. The number of nitrogens with zero attached hydrogens (tertiary/aromatic N) is 1. The second kappa shape index (κ2) is 6.48. The Balaban J connectivity index is 0.00000133. The lowest BCUT2D eigenvalue weighted by molar-refractivity contribution is -0.584. The third kappa shape index (κ3) is 3.01. The van der Waals surface area contributed by atoms with Crippen LogP contribution in [0, 0.1) is 0 Å². The number of halogens is 1. The standard InChI is InChI=1S/C17H14N.HI/c1-3-9-15(10-4-1)17-13-7-8-14-18(17)16-11-5-2-6-12-16;/h1-14H;1H/q+1;/p-1. The van der Waals surface area contributed by atoms with Gasteiger partial charge in [0.2, 0.25) is 11.4 Å². The molecule has 1 aromatic heterocycles. The van der Waals surface area contributed by atoms with E-state index in [0.29, 0.717) is 0 Å². The fourth-order valence-electron chi connectivity index (χ4n) is 2.10. The molecule has 94 valence electrons. The Morgan fingerprint density at radius 3 is 1.84 bits per heavy atom. The van der Waals surface area contributed by atoms with Crippen LogP contribution in [0.4, 0.5) is 0 Å². The van der Waals surface area contributed by atoms with Crippen LogP contribution in [0.25, 0.3) is 16.9 Å². The van der Waals surface area contributed by atoms with Crippen molar-refractivity contribution < 1.29 is 28.5 Å². The minimum atomic E-state index is 0. The van der Waals surface area contributed by atoms with Gasteiger partial charge in [-0.15, -0.1) is 0 Å². The number of aromatic nitrogens is 1. The minimum absolute atomic E-state index is 0. The molecule has 0 spiro atoms. The largest absolute Gasteiger partial charge is 1.00 e. The average Bonchev–Trinajstić information content (AvgIpc) is 2.49. The molecule has 0 aliphatic carbocycles. The predicted octanol–water partition coefficient (Wildman–Crippen LogP) is 0.634. The van der Waals surface area contributed by atoms with Gasteiger partial charge < -0.3 is 24.0 Å². The van der Waals surface area contributed by atoms with Crippen molar-refractivity contribution in [1.82, 2.24) is 0 Å². The molecule has 1 heterocycles. The normalized spacial score (nSPS) is 9.68. The summed E-state index contributed by atoms with van der Waals surface area (Å²) in [7, 11) is 0. The van der Waals surface area contributed by atoms with Gasteiger partial charge in [-0.25, -0.2) is 0 Å². The van der Waals surface area contributed by atoms with Crippen molar-refractivity contribution in [3.05, 3.63) is 85.1 Å². The number of hydrogen-bond donors (Lipinski definition) is 0. The molecule has 2 aromatic carbocycles. The lowest BCUT2D eigenvalue weighted by Gasteiger charge is -2.02. The number of pyridine rings is 1. The quantitative estimate of drug-likeness (QED) is 0.467. The van der Waals surface area contributed by atoms with Gasteiger partial charge in [-0.2, -0.15) is 4.57 Å². The van der Waals surface area contributed by atoms with Crippen LogP contribution in [0.15, 0.2) is 85.1 Å². The summed E-state index contributed by atoms with van der Waals surface area (Å²) in [5, 5.41) is 0. The number of para-hydroxylation sites is 1. The molecule has 0 saturated heterocycles. The Bertz CT molecular complexity index is 577. The second-order valence-corrected chi connectivity index (χ2v) is 4.16. The zero-order valence-corrected chi connectivity index (χ0v) is 12.6. The van der Waals surface area contributed by atoms with Crippen molar-refractivity contribution in [2.24, 2.45) is 0 Å². The van der Waals surface area contributed by atoms with E-state index in [1.165, 1.54) is 16.9 Å². The summed E-state index contributed by atoms with van der Waals surface area (Å²) in [6.07, 6.45) is 2.09. The summed E-state index contributed by atoms with van der Waals surface area (Å²) >= 11 is 0. The minimum Gasteiger partial charge on any atom is -1.00 e. The maximum Gasteiger partial charge on any atom is 0.218 e. The van der Waals surface area contributed by atoms with E-state index in [1.807, 2.05) is 12.1 Å². The maximum absolute atomic E-state index is 2.20. The third-order valence-corrected chi connectivity index (χ3v) is 2.96. The molecule has 3 rings (SSSR count). The molecule has 0 saturated carbocycles. The Kier molecular flexibility index (Phi) is 4.68. The summed E-state index contributed by atoms with van der Waals surface area (Å²) in [4.78, 5) is 0. The topological polar surface area (TPSA) is 3.88 Å². The van der Waals surface area contributed by atoms with Gasteiger partial charge in [0.05, 0.1) is 0 Å². The van der Waals surface area contributed by atoms with Gasteiger partial charge in [0, 0.05) is 29.8 Å². The molecule has 2 heteroatoms. The van der Waals surface area contributed by atoms with Gasteiger partial charge in [-0.3, -0.25) is 0 Å². The van der Waals surface area contributed by atoms with Gasteiger partial charge >= 0.3 is 0 Å². The molecule has 3 aromatic rings. The predicted molar refractivity (Wildman–Crippen MR) is 73.4 cm³/mol. The van der Waals surface area contributed by atoms with Crippen molar-refractivity contribution >= 4 is 0 Å². The first-order chi connectivity index (χ1) is 8.95. The highest BCUT2D eigenvalue weighted by molar-refractivity contribution is 5.56. The molecule has 0 unspecified atom stereocenters. The summed E-state index contributed by atoms with van der Waals surface area (Å²) in [5.41, 5.74) is 3.60. The Hall–Kier alpha value is -1.68. The SMILES string of the molecule is [I-].c1ccc(-c2cccc[n+]2-c2ccccc2)cc1. The van der Waals surface area contributed by atoms with Crippen molar-refractivity contribution in [1.29, 1.82) is 0 Å². The lowest BCUT2D eigenvalue weighted by atomic mass is 10.1. The highest BCUT2D eigenvalue weighted by Gasteiger charge is 2.13. The van der Waals surface area contributed by atoms with E-state index in [1.54, 1.807) is 0 Å². The molecule has 0 amide bonds. The van der Waals surface area contributed by atoms with E-state index in [4.69, 9.17) is 0 Å². The molecule has 0 bridgehead atoms. The highest BCUT2D eigenvalue weighted by atomic mass is 127. The Morgan fingerprint density at radius 1 is 0.579 bits per heavy atom. The fourth-order valence-corrected chi connectivity index (χ4v) is 2.10. The third-order valence-electron chi connectivity index (χ3n) is 2.96. The monoisotopic (exact) mass is 359 g/mol. The molecule has 0 aliphatic heterocycles. The van der Waals surface area contributed by atoms with Crippen LogP contribution in [0.1, 0.15) is 0 Å². The highest BCUT2D eigenvalue weighted by Crippen LogP contribution is 2.15. The van der Waals surface area contributed by atoms with E-state index in [2.05, 4.69) is 77.5 Å². The first kappa shape index (κ1) is 13.7. The first-order valence-corrected chi connectivity index (χ1v) is 6.07. The van der Waals surface area contributed by atoms with E-state index in [0.717, 1.165) is 0 Å². The summed E-state index contributed by atoms with van der Waals surface area (Å²) in [6, 6.07) is 27.1. The van der Waals surface area contributed by atoms with Crippen LogP contribution in [-0.2, 0) is 0 Å². The number of benzene rings is 2. The molecule has 0 N–H and O–H groups in total. The van der Waals surface area contributed by atoms with Gasteiger partial charge in [-0.1, -0.05) is 36.4 Å². The molecule has 1 nitrogen and oxygen atoms in total. The van der Waals surface area contributed by atoms with Crippen LogP contribution in [0.5, 0.6) is 0 Å². The van der Waals surface area contributed by atoms with Crippen LogP contribution in [-0.4, -0.2) is 0 Å². The summed E-state index contributed by atoms with van der Waals surface area (Å²) in [6.45, 7) is 0. The summed E-state index contributed by atoms with van der Waals surface area (Å²) < 4.78 is 2.20. The summed E-state index contributed by atoms with van der Waals surface area (Å²) in [5.74, 6) is 0. The van der Waals surface area contributed by atoms with E-state index >= 15 is 0 Å². The fraction of sp³-hybridized carbons (Fsp3) is 0. The zero-order valence-electron chi connectivity index (χ0n) is 10.4. The smallest absolute Gasteiger partial charge is 0.218 e. The molecule has 0 aliphatic rings. The zero-order chi connectivity index (χ0) is 12.2. The molecular formula is C17H14IN. The lowest BCUT2D eigenvalue weighted by Crippen LogP contribution is -3.00. The molecular weight excluding hydrogens is 345 g/mol. The van der Waals surface area contributed by atoms with Crippen molar-refractivity contribution in [3.63, 3.8) is 0 Å². The first-order valence-electron chi connectivity index (χ1n) is 6.07. The van der Waals surface area contributed by atoms with E-state index in [-0.39, 0.29) is 24.0 Å². The molecule has 0 atom stereocenters. The second-order valence-electron chi connectivity index (χ2n) is 4.16. The van der Waals surface area contributed by atoms with Gasteiger partial charge in [0.1, 0.15) is 0 Å². The van der Waals surface area contributed by atoms with Crippen LogP contribution < -0.4 is 28.5 Å². The van der Waals surface area contributed by atoms with Crippen molar-refractivity contribution in [3.8, 4) is 16.9 Å². The van der Waals surface area contributed by atoms with Gasteiger partial charge in [-0.05, 0) is 18.2 Å². The maximum atomic E-state index is 2.20. The average molecular weight is 359 g/mol. The molecule has 19 heavy (non-hydrogen) atoms. The van der Waals surface area contributed by atoms with E-state index in [9.17, 15) is 0 Å². The van der Waals surface area contributed by atoms with Crippen LogP contribution in [0.3, 0.4) is 0 Å². The van der Waals surface area contributed by atoms with E-state index < -0.39 is 0 Å². The van der Waals surface area contributed by atoms with Crippen molar-refractivity contribution in [2.75, 3.05) is 0 Å². The van der Waals surface area contributed by atoms with Crippen LogP contribution in [0.2, 0.25) is 0 Å². The van der Waals surface area contributed by atoms with Crippen molar-refractivity contribution in [2.45, 2.75) is 0 Å². The van der Waals surface area contributed by atoms with Gasteiger partial charge in [0.25, 0.3) is 0 Å². The Morgan fingerprint density at radius 2 is 1.16 bits per heavy atom. The Labute approximate surface area is 130 Å². The van der Waals surface area contributed by atoms with Gasteiger partial charge in [0.15, 0.2) is 6.20 Å². The van der Waals surface area contributed by atoms with Crippen LogP contribution >= 0.6 is 0 Å².